The van der Waals surface area contributed by atoms with Gasteiger partial charge in [-0.3, -0.25) is 9.69 Å². The Balaban J connectivity index is 1.97. The number of aryl methyl sites for hydroxylation is 2. The number of hydrogen-bond donors (Lipinski definition) is 1. The highest BCUT2D eigenvalue weighted by atomic mass is 32.1. The monoisotopic (exact) mass is 368 g/mol. The second-order valence-electron chi connectivity index (χ2n) is 6.12. The lowest BCUT2D eigenvalue weighted by molar-refractivity contribution is -0.113. The molecule has 1 saturated heterocycles. The first-order chi connectivity index (χ1) is 12.4. The molecule has 0 aliphatic carbocycles. The van der Waals surface area contributed by atoms with Gasteiger partial charge in [-0.25, -0.2) is 0 Å². The largest absolute Gasteiger partial charge is 0.497 e. The Kier molecular flexibility index (Phi) is 4.95. The average Bonchev–Trinajstić information content (AvgIpc) is 2.87. The van der Waals surface area contributed by atoms with Crippen LogP contribution in [0.1, 0.15) is 16.7 Å². The first-order valence-electron chi connectivity index (χ1n) is 8.10. The number of ether oxygens (including phenoxy) is 2. The Hall–Kier alpha value is -2.86. The number of methoxy groups -OCH3 is 2. The summed E-state index contributed by atoms with van der Waals surface area (Å²) >= 11 is 5.38. The molecule has 2 aromatic carbocycles. The first-order valence-corrected chi connectivity index (χ1v) is 8.50. The van der Waals surface area contributed by atoms with Crippen LogP contribution in [0.15, 0.2) is 42.1 Å². The smallest absolute Gasteiger partial charge is 0.281 e. The lowest BCUT2D eigenvalue weighted by Gasteiger charge is -2.15. The van der Waals surface area contributed by atoms with Crippen LogP contribution in [-0.4, -0.2) is 25.2 Å². The number of rotatable bonds is 4. The van der Waals surface area contributed by atoms with Crippen molar-refractivity contribution in [3.8, 4) is 11.5 Å². The van der Waals surface area contributed by atoms with Crippen molar-refractivity contribution in [2.75, 3.05) is 19.1 Å². The summed E-state index contributed by atoms with van der Waals surface area (Å²) < 4.78 is 10.6. The fourth-order valence-corrected chi connectivity index (χ4v) is 3.23. The third-order valence-electron chi connectivity index (χ3n) is 4.03. The van der Waals surface area contributed by atoms with Crippen molar-refractivity contribution in [1.82, 2.24) is 5.32 Å². The van der Waals surface area contributed by atoms with Gasteiger partial charge in [0.25, 0.3) is 5.91 Å². The molecule has 0 atom stereocenters. The summed E-state index contributed by atoms with van der Waals surface area (Å²) in [5, 5.41) is 3.36. The van der Waals surface area contributed by atoms with E-state index in [9.17, 15) is 4.79 Å². The highest BCUT2D eigenvalue weighted by Crippen LogP contribution is 2.27. The zero-order valence-corrected chi connectivity index (χ0v) is 15.9. The average molecular weight is 368 g/mol. The molecule has 1 N–H and O–H groups in total. The standard InChI is InChI=1S/C20H20N2O3S/c1-12-5-13(2)7-15(6-12)22-19(23)18(21-20(22)26)10-14-8-16(24-3)11-17(9-14)25-4/h5-11H,1-4H3,(H,21,26)/b18-10-. The van der Waals surface area contributed by atoms with Crippen LogP contribution in [-0.2, 0) is 4.79 Å². The predicted octanol–water partition coefficient (Wildman–Crippen LogP) is 3.58. The van der Waals surface area contributed by atoms with Crippen LogP contribution in [0.5, 0.6) is 11.5 Å². The van der Waals surface area contributed by atoms with Crippen molar-refractivity contribution < 1.29 is 14.3 Å². The van der Waals surface area contributed by atoms with Crippen molar-refractivity contribution in [2.24, 2.45) is 0 Å². The van der Waals surface area contributed by atoms with Gasteiger partial charge in [-0.2, -0.15) is 0 Å². The topological polar surface area (TPSA) is 50.8 Å². The summed E-state index contributed by atoms with van der Waals surface area (Å²) in [6.07, 6.45) is 1.74. The number of nitrogens with zero attached hydrogens (tertiary/aromatic N) is 1. The summed E-state index contributed by atoms with van der Waals surface area (Å²) in [6.45, 7) is 3.99. The van der Waals surface area contributed by atoms with Gasteiger partial charge in [-0.1, -0.05) is 6.07 Å². The van der Waals surface area contributed by atoms with E-state index < -0.39 is 0 Å². The lowest BCUT2D eigenvalue weighted by Crippen LogP contribution is -2.30. The maximum Gasteiger partial charge on any atom is 0.281 e. The van der Waals surface area contributed by atoms with Gasteiger partial charge >= 0.3 is 0 Å². The first kappa shape index (κ1) is 17.9. The van der Waals surface area contributed by atoms with Crippen molar-refractivity contribution in [2.45, 2.75) is 13.8 Å². The minimum atomic E-state index is -0.193. The van der Waals surface area contributed by atoms with Gasteiger partial charge in [-0.15, -0.1) is 0 Å². The van der Waals surface area contributed by atoms with E-state index in [1.807, 2.05) is 38.1 Å². The normalized spacial score (nSPS) is 15.4. The fraction of sp³-hybridized carbons (Fsp3) is 0.200. The Bertz CT molecular complexity index is 879. The number of carbonyl (C=O) groups excluding carboxylic acids is 1. The van der Waals surface area contributed by atoms with Gasteiger partial charge in [0, 0.05) is 6.07 Å². The van der Waals surface area contributed by atoms with E-state index in [1.54, 1.807) is 26.4 Å². The Labute approximate surface area is 158 Å². The number of carbonyl (C=O) groups is 1. The lowest BCUT2D eigenvalue weighted by atomic mass is 10.1. The number of anilines is 1. The highest BCUT2D eigenvalue weighted by molar-refractivity contribution is 7.80. The molecule has 1 heterocycles. The van der Waals surface area contributed by atoms with E-state index in [0.29, 0.717) is 22.3 Å². The summed E-state index contributed by atoms with van der Waals surface area (Å²) in [4.78, 5) is 14.4. The van der Waals surface area contributed by atoms with Crippen LogP contribution in [0.25, 0.3) is 6.08 Å². The zero-order valence-electron chi connectivity index (χ0n) is 15.1. The molecule has 134 valence electrons. The van der Waals surface area contributed by atoms with E-state index in [-0.39, 0.29) is 5.91 Å². The molecule has 1 fully saturated rings. The number of thiocarbonyl (C=S) groups is 1. The second-order valence-corrected chi connectivity index (χ2v) is 6.51. The molecule has 1 aliphatic rings. The van der Waals surface area contributed by atoms with E-state index >= 15 is 0 Å². The molecule has 0 saturated carbocycles. The van der Waals surface area contributed by atoms with E-state index in [4.69, 9.17) is 21.7 Å². The molecular weight excluding hydrogens is 348 g/mol. The van der Waals surface area contributed by atoms with E-state index in [2.05, 4.69) is 11.4 Å². The summed E-state index contributed by atoms with van der Waals surface area (Å²) in [5.74, 6) is 1.10. The molecule has 1 amide bonds. The Morgan fingerprint density at radius 1 is 0.962 bits per heavy atom. The van der Waals surface area contributed by atoms with Crippen molar-refractivity contribution >= 4 is 35.0 Å². The number of nitrogens with one attached hydrogen (secondary N) is 1. The molecule has 3 rings (SSSR count). The van der Waals surface area contributed by atoms with Crippen molar-refractivity contribution in [3.05, 3.63) is 58.8 Å². The molecule has 0 aromatic heterocycles. The quantitative estimate of drug-likeness (QED) is 0.660. The number of benzene rings is 2. The molecule has 5 nitrogen and oxygen atoms in total. The van der Waals surface area contributed by atoms with Crippen LogP contribution < -0.4 is 19.7 Å². The van der Waals surface area contributed by atoms with Gasteiger partial charge in [0.05, 0.1) is 19.9 Å². The van der Waals surface area contributed by atoms with Gasteiger partial charge < -0.3 is 14.8 Å². The van der Waals surface area contributed by atoms with Crippen molar-refractivity contribution in [3.63, 3.8) is 0 Å². The Morgan fingerprint density at radius 3 is 2.08 bits per heavy atom. The molecular formula is C20H20N2O3S. The van der Waals surface area contributed by atoms with Gasteiger partial charge in [0.2, 0.25) is 0 Å². The second kappa shape index (κ2) is 7.17. The zero-order chi connectivity index (χ0) is 18.8. The molecule has 0 radical (unpaired) electrons. The minimum Gasteiger partial charge on any atom is -0.497 e. The maximum absolute atomic E-state index is 12.9. The Morgan fingerprint density at radius 2 is 1.54 bits per heavy atom. The van der Waals surface area contributed by atoms with Gasteiger partial charge in [-0.05, 0) is 73.1 Å². The summed E-state index contributed by atoms with van der Waals surface area (Å²) in [7, 11) is 3.17. The molecule has 0 unspecified atom stereocenters. The SMILES string of the molecule is COc1cc(/C=C2\NC(=S)N(c3cc(C)cc(C)c3)C2=O)cc(OC)c1. The van der Waals surface area contributed by atoms with E-state index in [0.717, 1.165) is 22.4 Å². The predicted molar refractivity (Wildman–Crippen MR) is 107 cm³/mol. The van der Waals surface area contributed by atoms with Crippen LogP contribution in [0.2, 0.25) is 0 Å². The van der Waals surface area contributed by atoms with Crippen LogP contribution >= 0.6 is 12.2 Å². The third kappa shape index (κ3) is 3.55. The highest BCUT2D eigenvalue weighted by Gasteiger charge is 2.32. The van der Waals surface area contributed by atoms with Crippen molar-refractivity contribution in [1.29, 1.82) is 0 Å². The third-order valence-corrected chi connectivity index (χ3v) is 4.31. The van der Waals surface area contributed by atoms with Crippen LogP contribution in [0, 0.1) is 13.8 Å². The van der Waals surface area contributed by atoms with Crippen LogP contribution in [0.4, 0.5) is 5.69 Å². The molecule has 0 bridgehead atoms. The fourth-order valence-electron chi connectivity index (χ4n) is 2.93. The number of hydrogen-bond acceptors (Lipinski definition) is 4. The molecule has 26 heavy (non-hydrogen) atoms. The number of amides is 1. The maximum atomic E-state index is 12.9. The molecule has 0 spiro atoms. The summed E-state index contributed by atoms with van der Waals surface area (Å²) in [5.41, 5.74) is 4.10. The van der Waals surface area contributed by atoms with Gasteiger partial charge in [0.1, 0.15) is 17.2 Å². The molecule has 6 heteroatoms. The summed E-state index contributed by atoms with van der Waals surface area (Å²) in [6, 6.07) is 11.4. The van der Waals surface area contributed by atoms with Gasteiger partial charge in [0.15, 0.2) is 5.11 Å². The molecule has 1 aliphatic heterocycles. The minimum absolute atomic E-state index is 0.193. The van der Waals surface area contributed by atoms with E-state index in [1.165, 1.54) is 4.90 Å². The molecule has 2 aromatic rings. The van der Waals surface area contributed by atoms with Crippen LogP contribution in [0.3, 0.4) is 0 Å².